The SMILES string of the molecule is c1ccc(N(c2ccc3c(c2)oc2ccccc23)c2ccc3oc4c(N(c5ccccc5)c5ccccc5)cc(N(c5ccccc5)c5ccccc5)cc4c3c2)cc1. The Morgan fingerprint density at radius 2 is 0.661 bits per heavy atom. The molecule has 2 heterocycles. The van der Waals surface area contributed by atoms with Gasteiger partial charge in [-0.25, -0.2) is 0 Å². The van der Waals surface area contributed by atoms with E-state index in [0.29, 0.717) is 0 Å². The highest BCUT2D eigenvalue weighted by Crippen LogP contribution is 2.48. The number of nitrogens with zero attached hydrogens (tertiary/aromatic N) is 3. The largest absolute Gasteiger partial charge is 0.456 e. The number of rotatable bonds is 9. The zero-order valence-electron chi connectivity index (χ0n) is 32.0. The molecule has 11 aromatic rings. The molecule has 59 heavy (non-hydrogen) atoms. The summed E-state index contributed by atoms with van der Waals surface area (Å²) in [5.41, 5.74) is 12.5. The van der Waals surface area contributed by atoms with E-state index in [1.54, 1.807) is 0 Å². The second kappa shape index (κ2) is 14.5. The van der Waals surface area contributed by atoms with Gasteiger partial charge >= 0.3 is 0 Å². The third kappa shape index (κ3) is 6.13. The standard InChI is InChI=1S/C54H37N3O2/c1-6-18-38(19-7-1)55(39-20-8-2-9-21-39)45-35-49-48-34-43(56(40-22-10-3-11-23-40)44-30-32-47-46-28-16-17-29-51(46)58-53(47)37-44)31-33-52(48)59-54(49)50(36-45)57(41-24-12-4-13-25-41)42-26-14-5-15-27-42/h1-37H. The zero-order chi connectivity index (χ0) is 39.1. The number of furan rings is 2. The van der Waals surface area contributed by atoms with Crippen LogP contribution in [0.15, 0.2) is 233 Å². The molecule has 9 aromatic carbocycles. The molecule has 0 bridgehead atoms. The van der Waals surface area contributed by atoms with E-state index in [4.69, 9.17) is 8.83 Å². The lowest BCUT2D eigenvalue weighted by molar-refractivity contribution is 0.668. The molecule has 0 fully saturated rings. The van der Waals surface area contributed by atoms with Gasteiger partial charge < -0.3 is 23.5 Å². The van der Waals surface area contributed by atoms with Crippen molar-refractivity contribution in [2.45, 2.75) is 0 Å². The van der Waals surface area contributed by atoms with Crippen LogP contribution in [-0.2, 0) is 0 Å². The molecule has 0 atom stereocenters. The molecule has 0 N–H and O–H groups in total. The normalized spacial score (nSPS) is 11.4. The summed E-state index contributed by atoms with van der Waals surface area (Å²) in [5, 5.41) is 4.21. The summed E-state index contributed by atoms with van der Waals surface area (Å²) in [6.45, 7) is 0. The Labute approximate surface area is 341 Å². The molecule has 0 amide bonds. The first kappa shape index (κ1) is 34.2. The first-order chi connectivity index (χ1) is 29.3. The van der Waals surface area contributed by atoms with Gasteiger partial charge in [-0.1, -0.05) is 109 Å². The van der Waals surface area contributed by atoms with Crippen LogP contribution in [0.2, 0.25) is 0 Å². The van der Waals surface area contributed by atoms with Crippen LogP contribution in [-0.4, -0.2) is 0 Å². The maximum Gasteiger partial charge on any atom is 0.159 e. The summed E-state index contributed by atoms with van der Waals surface area (Å²) in [4.78, 5) is 6.90. The van der Waals surface area contributed by atoms with Crippen LogP contribution in [0.25, 0.3) is 43.9 Å². The van der Waals surface area contributed by atoms with Gasteiger partial charge in [0.2, 0.25) is 0 Å². The maximum absolute atomic E-state index is 7.00. The second-order valence-corrected chi connectivity index (χ2v) is 14.6. The van der Waals surface area contributed by atoms with E-state index >= 15 is 0 Å². The molecule has 0 saturated heterocycles. The highest BCUT2D eigenvalue weighted by atomic mass is 16.3. The predicted molar refractivity (Wildman–Crippen MR) is 245 cm³/mol. The van der Waals surface area contributed by atoms with E-state index in [1.807, 2.05) is 12.1 Å². The second-order valence-electron chi connectivity index (χ2n) is 14.6. The van der Waals surface area contributed by atoms with Gasteiger partial charge in [0.25, 0.3) is 0 Å². The lowest BCUT2D eigenvalue weighted by Gasteiger charge is -2.29. The number of fused-ring (bicyclic) bond motifs is 6. The third-order valence-corrected chi connectivity index (χ3v) is 11.0. The van der Waals surface area contributed by atoms with Gasteiger partial charge in [-0.05, 0) is 109 Å². The van der Waals surface area contributed by atoms with Crippen LogP contribution >= 0.6 is 0 Å². The van der Waals surface area contributed by atoms with Crippen molar-refractivity contribution >= 4 is 95.1 Å². The van der Waals surface area contributed by atoms with Crippen molar-refractivity contribution in [3.05, 3.63) is 224 Å². The van der Waals surface area contributed by atoms with E-state index < -0.39 is 0 Å². The smallest absolute Gasteiger partial charge is 0.159 e. The van der Waals surface area contributed by atoms with Crippen molar-refractivity contribution in [2.75, 3.05) is 14.7 Å². The van der Waals surface area contributed by atoms with Crippen LogP contribution in [0, 0.1) is 0 Å². The Hall–Kier alpha value is -8.02. The van der Waals surface area contributed by atoms with Gasteiger partial charge in [-0.3, -0.25) is 0 Å². The number of anilines is 9. The van der Waals surface area contributed by atoms with E-state index in [0.717, 1.165) is 95.1 Å². The van der Waals surface area contributed by atoms with Crippen LogP contribution in [0.4, 0.5) is 51.2 Å². The molecule has 0 radical (unpaired) electrons. The molecule has 0 unspecified atom stereocenters. The minimum absolute atomic E-state index is 0.796. The van der Waals surface area contributed by atoms with Crippen molar-refractivity contribution < 1.29 is 8.83 Å². The molecule has 2 aromatic heterocycles. The first-order valence-electron chi connectivity index (χ1n) is 19.8. The summed E-state index contributed by atoms with van der Waals surface area (Å²) in [6.07, 6.45) is 0. The summed E-state index contributed by atoms with van der Waals surface area (Å²) in [7, 11) is 0. The molecule has 0 aliphatic rings. The number of hydrogen-bond donors (Lipinski definition) is 0. The van der Waals surface area contributed by atoms with Crippen LogP contribution in [0.1, 0.15) is 0 Å². The van der Waals surface area contributed by atoms with Crippen molar-refractivity contribution in [3.63, 3.8) is 0 Å². The van der Waals surface area contributed by atoms with Gasteiger partial charge in [-0.2, -0.15) is 0 Å². The van der Waals surface area contributed by atoms with Crippen LogP contribution < -0.4 is 14.7 Å². The van der Waals surface area contributed by atoms with Crippen molar-refractivity contribution in [3.8, 4) is 0 Å². The lowest BCUT2D eigenvalue weighted by atomic mass is 10.1. The summed E-state index contributed by atoms with van der Waals surface area (Å²) < 4.78 is 13.4. The number of para-hydroxylation sites is 6. The monoisotopic (exact) mass is 759 g/mol. The summed E-state index contributed by atoms with van der Waals surface area (Å²) in [5.74, 6) is 0. The fourth-order valence-electron chi connectivity index (χ4n) is 8.33. The molecule has 0 spiro atoms. The Morgan fingerprint density at radius 1 is 0.237 bits per heavy atom. The molecule has 0 saturated carbocycles. The average molecular weight is 760 g/mol. The van der Waals surface area contributed by atoms with Crippen molar-refractivity contribution in [1.82, 2.24) is 0 Å². The molecule has 5 heteroatoms. The van der Waals surface area contributed by atoms with Gasteiger partial charge in [0.1, 0.15) is 16.7 Å². The van der Waals surface area contributed by atoms with E-state index in [9.17, 15) is 0 Å². The lowest BCUT2D eigenvalue weighted by Crippen LogP contribution is -2.13. The molecular formula is C54H37N3O2. The molecule has 5 nitrogen and oxygen atoms in total. The molecular weight excluding hydrogens is 723 g/mol. The van der Waals surface area contributed by atoms with Crippen LogP contribution in [0.3, 0.4) is 0 Å². The minimum Gasteiger partial charge on any atom is -0.456 e. The van der Waals surface area contributed by atoms with Gasteiger partial charge in [0, 0.05) is 73.1 Å². The highest BCUT2D eigenvalue weighted by Gasteiger charge is 2.25. The molecule has 0 aliphatic carbocycles. The summed E-state index contributed by atoms with van der Waals surface area (Å²) >= 11 is 0. The van der Waals surface area contributed by atoms with Crippen LogP contribution in [0.5, 0.6) is 0 Å². The highest BCUT2D eigenvalue weighted by molar-refractivity contribution is 6.13. The van der Waals surface area contributed by atoms with Crippen molar-refractivity contribution in [1.29, 1.82) is 0 Å². The Bertz CT molecular complexity index is 3140. The average Bonchev–Trinajstić information content (AvgIpc) is 3.86. The molecule has 11 rings (SSSR count). The van der Waals surface area contributed by atoms with Gasteiger partial charge in [-0.15, -0.1) is 0 Å². The van der Waals surface area contributed by atoms with E-state index in [-0.39, 0.29) is 0 Å². The minimum atomic E-state index is 0.796. The molecule has 280 valence electrons. The van der Waals surface area contributed by atoms with Gasteiger partial charge in [0.15, 0.2) is 5.58 Å². The Balaban J connectivity index is 1.17. The molecule has 0 aliphatic heterocycles. The Morgan fingerprint density at radius 3 is 1.24 bits per heavy atom. The van der Waals surface area contributed by atoms with Gasteiger partial charge in [0.05, 0.1) is 5.69 Å². The zero-order valence-corrected chi connectivity index (χ0v) is 32.0. The predicted octanol–water partition coefficient (Wildman–Crippen LogP) is 15.9. The third-order valence-electron chi connectivity index (χ3n) is 11.0. The fourth-order valence-corrected chi connectivity index (χ4v) is 8.33. The Kier molecular flexibility index (Phi) is 8.41. The topological polar surface area (TPSA) is 36.0 Å². The maximum atomic E-state index is 7.00. The summed E-state index contributed by atoms with van der Waals surface area (Å²) in [6, 6.07) is 78.4. The quantitative estimate of drug-likeness (QED) is 0.146. The number of hydrogen-bond acceptors (Lipinski definition) is 5. The van der Waals surface area contributed by atoms with E-state index in [1.165, 1.54) is 0 Å². The first-order valence-corrected chi connectivity index (χ1v) is 19.8. The fraction of sp³-hybridized carbons (Fsp3) is 0. The van der Waals surface area contributed by atoms with Crippen molar-refractivity contribution in [2.24, 2.45) is 0 Å². The van der Waals surface area contributed by atoms with E-state index in [2.05, 4.69) is 227 Å². The number of benzene rings is 9.